The van der Waals surface area contributed by atoms with Gasteiger partial charge in [-0.3, -0.25) is 19.8 Å². The molecule has 1 fully saturated rings. The number of hydrogen-bond acceptors (Lipinski definition) is 5. The maximum Gasteiger partial charge on any atom is 0.269 e. The summed E-state index contributed by atoms with van der Waals surface area (Å²) in [7, 11) is 0. The predicted molar refractivity (Wildman–Crippen MR) is 122 cm³/mol. The molecule has 0 atom stereocenters. The van der Waals surface area contributed by atoms with Crippen molar-refractivity contribution in [1.29, 1.82) is 0 Å². The summed E-state index contributed by atoms with van der Waals surface area (Å²) in [6, 6.07) is 16.7. The number of benzene rings is 2. The smallest absolute Gasteiger partial charge is 0.269 e. The molecule has 4 rings (SSSR count). The predicted octanol–water partition coefficient (Wildman–Crippen LogP) is 3.28. The number of nitro benzene ring substituents is 1. The Morgan fingerprint density at radius 2 is 1.75 bits per heavy atom. The zero-order valence-corrected chi connectivity index (χ0v) is 18.4. The van der Waals surface area contributed by atoms with Crippen LogP contribution in [0.4, 0.5) is 5.69 Å². The first kappa shape index (κ1) is 21.7. The SMILES string of the molecule is Cc1nn(-c2ccccc2)c(C)c1CC(=O)N1CCN(Cc2cccc([N+](=O)[O-])c2)CC1. The van der Waals surface area contributed by atoms with Crippen molar-refractivity contribution < 1.29 is 9.72 Å². The van der Waals surface area contributed by atoms with Crippen molar-refractivity contribution in [2.45, 2.75) is 26.8 Å². The van der Waals surface area contributed by atoms with Crippen LogP contribution in [0, 0.1) is 24.0 Å². The molecule has 2 heterocycles. The lowest BCUT2D eigenvalue weighted by molar-refractivity contribution is -0.384. The molecule has 2 aromatic carbocycles. The summed E-state index contributed by atoms with van der Waals surface area (Å²) in [5, 5.41) is 15.6. The van der Waals surface area contributed by atoms with Crippen LogP contribution in [0.15, 0.2) is 54.6 Å². The molecule has 1 aliphatic rings. The Morgan fingerprint density at radius 1 is 1.03 bits per heavy atom. The van der Waals surface area contributed by atoms with Gasteiger partial charge in [-0.1, -0.05) is 30.3 Å². The van der Waals surface area contributed by atoms with Gasteiger partial charge in [0.15, 0.2) is 0 Å². The number of nitrogens with zero attached hydrogens (tertiary/aromatic N) is 5. The van der Waals surface area contributed by atoms with Crippen LogP contribution in [0.25, 0.3) is 5.69 Å². The van der Waals surface area contributed by atoms with Crippen LogP contribution in [0.5, 0.6) is 0 Å². The molecule has 8 nitrogen and oxygen atoms in total. The number of nitro groups is 1. The van der Waals surface area contributed by atoms with E-state index in [2.05, 4.69) is 10.00 Å². The molecule has 1 aromatic heterocycles. The van der Waals surface area contributed by atoms with Crippen LogP contribution in [-0.4, -0.2) is 56.6 Å². The minimum absolute atomic E-state index is 0.109. The van der Waals surface area contributed by atoms with Gasteiger partial charge in [-0.15, -0.1) is 0 Å². The summed E-state index contributed by atoms with van der Waals surface area (Å²) in [5.41, 5.74) is 4.87. The molecule has 1 aliphatic heterocycles. The fourth-order valence-corrected chi connectivity index (χ4v) is 4.20. The fourth-order valence-electron chi connectivity index (χ4n) is 4.20. The van der Waals surface area contributed by atoms with Gasteiger partial charge in [0.1, 0.15) is 0 Å². The molecule has 3 aromatic rings. The molecule has 0 radical (unpaired) electrons. The maximum absolute atomic E-state index is 13.0. The first-order valence-corrected chi connectivity index (χ1v) is 10.8. The van der Waals surface area contributed by atoms with Crippen molar-refractivity contribution in [2.24, 2.45) is 0 Å². The number of aromatic nitrogens is 2. The van der Waals surface area contributed by atoms with Crippen LogP contribution >= 0.6 is 0 Å². The second-order valence-electron chi connectivity index (χ2n) is 8.16. The summed E-state index contributed by atoms with van der Waals surface area (Å²) in [6.07, 6.45) is 0.343. The van der Waals surface area contributed by atoms with Crippen LogP contribution in [-0.2, 0) is 17.8 Å². The van der Waals surface area contributed by atoms with Gasteiger partial charge < -0.3 is 4.90 Å². The number of aryl methyl sites for hydroxylation is 1. The summed E-state index contributed by atoms with van der Waals surface area (Å²) in [5.74, 6) is 0.110. The zero-order chi connectivity index (χ0) is 22.7. The molecular formula is C24H27N5O3. The third-order valence-electron chi connectivity index (χ3n) is 6.02. The maximum atomic E-state index is 13.0. The van der Waals surface area contributed by atoms with Crippen molar-refractivity contribution in [3.8, 4) is 5.69 Å². The monoisotopic (exact) mass is 433 g/mol. The number of carbonyl (C=O) groups excluding carboxylic acids is 1. The Bertz CT molecular complexity index is 1120. The highest BCUT2D eigenvalue weighted by Crippen LogP contribution is 2.20. The second-order valence-corrected chi connectivity index (χ2v) is 8.16. The third kappa shape index (κ3) is 4.70. The lowest BCUT2D eigenvalue weighted by atomic mass is 10.1. The van der Waals surface area contributed by atoms with E-state index in [1.165, 1.54) is 6.07 Å². The van der Waals surface area contributed by atoms with Crippen molar-refractivity contribution in [2.75, 3.05) is 26.2 Å². The Labute approximate surface area is 187 Å². The van der Waals surface area contributed by atoms with Crippen molar-refractivity contribution in [3.63, 3.8) is 0 Å². The van der Waals surface area contributed by atoms with Crippen LogP contribution in [0.3, 0.4) is 0 Å². The van der Waals surface area contributed by atoms with Gasteiger partial charge in [0.05, 0.1) is 22.7 Å². The Kier molecular flexibility index (Phi) is 6.32. The highest BCUT2D eigenvalue weighted by molar-refractivity contribution is 5.79. The first-order chi connectivity index (χ1) is 15.4. The minimum atomic E-state index is -0.371. The number of rotatable bonds is 6. The molecule has 8 heteroatoms. The van der Waals surface area contributed by atoms with E-state index in [1.807, 2.05) is 59.8 Å². The third-order valence-corrected chi connectivity index (χ3v) is 6.02. The summed E-state index contributed by atoms with van der Waals surface area (Å²) >= 11 is 0. The van der Waals surface area contributed by atoms with E-state index in [-0.39, 0.29) is 16.5 Å². The second kappa shape index (κ2) is 9.32. The lowest BCUT2D eigenvalue weighted by Gasteiger charge is -2.34. The number of non-ortho nitro benzene ring substituents is 1. The molecule has 0 aliphatic carbocycles. The van der Waals surface area contributed by atoms with Gasteiger partial charge in [-0.05, 0) is 31.5 Å². The summed E-state index contributed by atoms with van der Waals surface area (Å²) in [4.78, 5) is 27.7. The molecule has 166 valence electrons. The molecular weight excluding hydrogens is 406 g/mol. The highest BCUT2D eigenvalue weighted by atomic mass is 16.6. The molecule has 1 saturated heterocycles. The minimum Gasteiger partial charge on any atom is -0.340 e. The Hall–Kier alpha value is -3.52. The van der Waals surface area contributed by atoms with Gasteiger partial charge in [-0.2, -0.15) is 5.10 Å². The fraction of sp³-hybridized carbons (Fsp3) is 0.333. The topological polar surface area (TPSA) is 84.5 Å². The molecule has 0 spiro atoms. The average Bonchev–Trinajstić information content (AvgIpc) is 3.08. The van der Waals surface area contributed by atoms with E-state index in [1.54, 1.807) is 12.1 Å². The average molecular weight is 434 g/mol. The van der Waals surface area contributed by atoms with Crippen molar-refractivity contribution >= 4 is 11.6 Å². The van der Waals surface area contributed by atoms with Gasteiger partial charge >= 0.3 is 0 Å². The van der Waals surface area contributed by atoms with E-state index in [9.17, 15) is 14.9 Å². The van der Waals surface area contributed by atoms with Crippen LogP contribution < -0.4 is 0 Å². The number of piperazine rings is 1. The lowest BCUT2D eigenvalue weighted by Crippen LogP contribution is -2.48. The molecule has 32 heavy (non-hydrogen) atoms. The zero-order valence-electron chi connectivity index (χ0n) is 18.4. The van der Waals surface area contributed by atoms with Crippen molar-refractivity contribution in [1.82, 2.24) is 19.6 Å². The van der Waals surface area contributed by atoms with Gasteiger partial charge in [0, 0.05) is 56.1 Å². The number of hydrogen-bond donors (Lipinski definition) is 0. The van der Waals surface area contributed by atoms with Gasteiger partial charge in [0.25, 0.3) is 5.69 Å². The molecule has 0 bridgehead atoms. The van der Waals surface area contributed by atoms with Gasteiger partial charge in [0.2, 0.25) is 5.91 Å². The number of carbonyl (C=O) groups is 1. The highest BCUT2D eigenvalue weighted by Gasteiger charge is 2.24. The Balaban J connectivity index is 1.36. The van der Waals surface area contributed by atoms with E-state index in [0.717, 1.165) is 41.3 Å². The van der Waals surface area contributed by atoms with Crippen LogP contribution in [0.2, 0.25) is 0 Å². The van der Waals surface area contributed by atoms with E-state index in [0.29, 0.717) is 26.1 Å². The molecule has 0 saturated carbocycles. The largest absolute Gasteiger partial charge is 0.340 e. The van der Waals surface area contributed by atoms with Crippen LogP contribution in [0.1, 0.15) is 22.5 Å². The standard InChI is InChI=1S/C24H27N5O3/c1-18-23(19(2)28(25-18)21-8-4-3-5-9-21)16-24(30)27-13-11-26(12-14-27)17-20-7-6-10-22(15-20)29(31)32/h3-10,15H,11-14,16-17H2,1-2H3. The quantitative estimate of drug-likeness (QED) is 0.440. The van der Waals surface area contributed by atoms with E-state index < -0.39 is 0 Å². The Morgan fingerprint density at radius 3 is 2.44 bits per heavy atom. The van der Waals surface area contributed by atoms with Gasteiger partial charge in [-0.25, -0.2) is 4.68 Å². The normalized spacial score (nSPS) is 14.5. The van der Waals surface area contributed by atoms with E-state index >= 15 is 0 Å². The molecule has 0 unspecified atom stereocenters. The summed E-state index contributed by atoms with van der Waals surface area (Å²) in [6.45, 7) is 7.40. The van der Waals surface area contributed by atoms with Crippen molar-refractivity contribution in [3.05, 3.63) is 87.2 Å². The molecule has 1 amide bonds. The number of amides is 1. The molecule has 0 N–H and O–H groups in total. The number of para-hydroxylation sites is 1. The first-order valence-electron chi connectivity index (χ1n) is 10.8. The van der Waals surface area contributed by atoms with E-state index in [4.69, 9.17) is 0 Å². The summed E-state index contributed by atoms with van der Waals surface area (Å²) < 4.78 is 1.90.